The number of carbonyl (C=O) groups is 1. The van der Waals surface area contributed by atoms with Gasteiger partial charge in [0.1, 0.15) is 11.5 Å². The van der Waals surface area contributed by atoms with Crippen LogP contribution in [0.2, 0.25) is 0 Å². The lowest BCUT2D eigenvalue weighted by Gasteiger charge is -2.11. The number of benzene rings is 1. The van der Waals surface area contributed by atoms with Crippen molar-refractivity contribution in [1.82, 2.24) is 0 Å². The fourth-order valence-corrected chi connectivity index (χ4v) is 1.12. The van der Waals surface area contributed by atoms with Gasteiger partial charge in [0.15, 0.2) is 6.10 Å². The van der Waals surface area contributed by atoms with Crippen molar-refractivity contribution >= 4 is 5.97 Å². The Labute approximate surface area is 86.9 Å². The lowest BCUT2D eigenvalue weighted by molar-refractivity contribution is -0.150. The van der Waals surface area contributed by atoms with Gasteiger partial charge in [-0.3, -0.25) is 0 Å². The molecule has 0 spiro atoms. The third-order valence-electron chi connectivity index (χ3n) is 1.96. The van der Waals surface area contributed by atoms with Crippen molar-refractivity contribution in [1.29, 1.82) is 0 Å². The number of hydrogen-bond donors (Lipinski definition) is 2. The maximum atomic E-state index is 11.0. The van der Waals surface area contributed by atoms with E-state index in [1.807, 2.05) is 0 Å². The topological polar surface area (TPSA) is 76.0 Å². The van der Waals surface area contributed by atoms with E-state index >= 15 is 0 Å². The van der Waals surface area contributed by atoms with Gasteiger partial charge in [0.2, 0.25) is 0 Å². The number of phenols is 1. The first-order valence-electron chi connectivity index (χ1n) is 4.23. The molecule has 0 aliphatic heterocycles. The van der Waals surface area contributed by atoms with Crippen LogP contribution in [0.1, 0.15) is 11.7 Å². The summed E-state index contributed by atoms with van der Waals surface area (Å²) in [6.07, 6.45) is -1.49. The molecule has 0 heterocycles. The molecule has 1 unspecified atom stereocenters. The highest BCUT2D eigenvalue weighted by Crippen LogP contribution is 2.28. The minimum Gasteiger partial charge on any atom is -0.507 e. The zero-order valence-electron chi connectivity index (χ0n) is 8.43. The van der Waals surface area contributed by atoms with Crippen LogP contribution in [0.25, 0.3) is 0 Å². The second-order valence-corrected chi connectivity index (χ2v) is 2.85. The van der Waals surface area contributed by atoms with Gasteiger partial charge < -0.3 is 19.7 Å². The third kappa shape index (κ3) is 2.38. The second-order valence-electron chi connectivity index (χ2n) is 2.85. The average Bonchev–Trinajstić information content (AvgIpc) is 2.26. The Bertz CT molecular complexity index is 361. The van der Waals surface area contributed by atoms with Gasteiger partial charge in [-0.25, -0.2) is 4.79 Å². The van der Waals surface area contributed by atoms with Gasteiger partial charge in [0.25, 0.3) is 0 Å². The predicted molar refractivity (Wildman–Crippen MR) is 51.6 cm³/mol. The van der Waals surface area contributed by atoms with Gasteiger partial charge in [0.05, 0.1) is 14.2 Å². The highest BCUT2D eigenvalue weighted by atomic mass is 16.5. The first-order valence-corrected chi connectivity index (χ1v) is 4.23. The highest BCUT2D eigenvalue weighted by Gasteiger charge is 2.21. The molecule has 0 aromatic heterocycles. The Balaban J connectivity index is 3.00. The summed E-state index contributed by atoms with van der Waals surface area (Å²) >= 11 is 0. The Kier molecular flexibility index (Phi) is 3.51. The van der Waals surface area contributed by atoms with Gasteiger partial charge >= 0.3 is 5.97 Å². The molecule has 1 aromatic rings. The Morgan fingerprint density at radius 1 is 1.40 bits per heavy atom. The molecule has 0 amide bonds. The van der Waals surface area contributed by atoms with Gasteiger partial charge in [0, 0.05) is 11.6 Å². The second kappa shape index (κ2) is 4.65. The van der Waals surface area contributed by atoms with Crippen LogP contribution in [0.15, 0.2) is 18.2 Å². The highest BCUT2D eigenvalue weighted by molar-refractivity contribution is 5.77. The number of ether oxygens (including phenoxy) is 2. The molecule has 0 fully saturated rings. The summed E-state index contributed by atoms with van der Waals surface area (Å²) in [6.45, 7) is 0. The van der Waals surface area contributed by atoms with Crippen LogP contribution in [0.5, 0.6) is 11.5 Å². The van der Waals surface area contributed by atoms with Gasteiger partial charge in [-0.1, -0.05) is 0 Å². The number of esters is 1. The van der Waals surface area contributed by atoms with Crippen molar-refractivity contribution in [2.45, 2.75) is 6.10 Å². The molecular formula is C10H12O5. The Morgan fingerprint density at radius 3 is 2.53 bits per heavy atom. The summed E-state index contributed by atoms with van der Waals surface area (Å²) in [5, 5.41) is 18.9. The van der Waals surface area contributed by atoms with Crippen LogP contribution in [0.3, 0.4) is 0 Å². The smallest absolute Gasteiger partial charge is 0.339 e. The van der Waals surface area contributed by atoms with Crippen molar-refractivity contribution in [2.75, 3.05) is 14.2 Å². The molecule has 0 aliphatic carbocycles. The summed E-state index contributed by atoms with van der Waals surface area (Å²) in [4.78, 5) is 11.0. The quantitative estimate of drug-likeness (QED) is 0.718. The molecule has 1 aromatic carbocycles. The molecule has 2 N–H and O–H groups in total. The summed E-state index contributed by atoms with van der Waals surface area (Å²) in [7, 11) is 2.61. The fraction of sp³-hybridized carbons (Fsp3) is 0.300. The maximum Gasteiger partial charge on any atom is 0.339 e. The number of carbonyl (C=O) groups excluding carboxylic acids is 1. The van der Waals surface area contributed by atoms with E-state index in [0.29, 0.717) is 5.75 Å². The van der Waals surface area contributed by atoms with E-state index in [1.165, 1.54) is 25.3 Å². The normalized spacial score (nSPS) is 11.9. The number of hydrogen-bond acceptors (Lipinski definition) is 5. The monoisotopic (exact) mass is 212 g/mol. The average molecular weight is 212 g/mol. The van der Waals surface area contributed by atoms with Crippen LogP contribution in [0, 0.1) is 0 Å². The van der Waals surface area contributed by atoms with Crippen molar-refractivity contribution in [3.8, 4) is 11.5 Å². The molecule has 15 heavy (non-hydrogen) atoms. The van der Waals surface area contributed by atoms with E-state index in [0.717, 1.165) is 7.11 Å². The van der Waals surface area contributed by atoms with E-state index in [1.54, 1.807) is 0 Å². The molecule has 0 bridgehead atoms. The zero-order chi connectivity index (χ0) is 11.4. The summed E-state index contributed by atoms with van der Waals surface area (Å²) < 4.78 is 9.21. The minimum atomic E-state index is -1.49. The summed E-state index contributed by atoms with van der Waals surface area (Å²) in [6, 6.07) is 4.23. The maximum absolute atomic E-state index is 11.0. The van der Waals surface area contributed by atoms with E-state index in [2.05, 4.69) is 4.74 Å². The molecule has 82 valence electrons. The van der Waals surface area contributed by atoms with Crippen molar-refractivity contribution < 1.29 is 24.5 Å². The van der Waals surface area contributed by atoms with Crippen LogP contribution >= 0.6 is 0 Å². The number of aliphatic hydroxyl groups is 1. The third-order valence-corrected chi connectivity index (χ3v) is 1.96. The lowest BCUT2D eigenvalue weighted by atomic mass is 10.1. The molecule has 0 aliphatic rings. The van der Waals surface area contributed by atoms with E-state index in [4.69, 9.17) is 4.74 Å². The molecule has 0 radical (unpaired) electrons. The fourth-order valence-electron chi connectivity index (χ4n) is 1.12. The molecule has 0 saturated heterocycles. The first-order chi connectivity index (χ1) is 7.10. The van der Waals surface area contributed by atoms with Crippen molar-refractivity contribution in [3.05, 3.63) is 23.8 Å². The van der Waals surface area contributed by atoms with Crippen molar-refractivity contribution in [2.24, 2.45) is 0 Å². The SMILES string of the molecule is COC(=O)C(O)c1ccc(OC)cc1O. The van der Waals surface area contributed by atoms with Gasteiger partial charge in [-0.2, -0.15) is 0 Å². The number of rotatable bonds is 3. The van der Waals surface area contributed by atoms with Crippen LogP contribution in [-0.2, 0) is 9.53 Å². The zero-order valence-corrected chi connectivity index (χ0v) is 8.43. The van der Waals surface area contributed by atoms with Gasteiger partial charge in [-0.05, 0) is 12.1 Å². The van der Waals surface area contributed by atoms with E-state index in [-0.39, 0.29) is 11.3 Å². The number of methoxy groups -OCH3 is 2. The Morgan fingerprint density at radius 2 is 2.07 bits per heavy atom. The predicted octanol–water partition coefficient (Wildman–Crippen LogP) is 0.607. The molecule has 0 saturated carbocycles. The van der Waals surface area contributed by atoms with Crippen LogP contribution in [-0.4, -0.2) is 30.4 Å². The van der Waals surface area contributed by atoms with Crippen LogP contribution in [0.4, 0.5) is 0 Å². The van der Waals surface area contributed by atoms with Crippen LogP contribution < -0.4 is 4.74 Å². The Hall–Kier alpha value is -1.75. The van der Waals surface area contributed by atoms with Crippen molar-refractivity contribution in [3.63, 3.8) is 0 Å². The molecule has 5 nitrogen and oxygen atoms in total. The summed E-state index contributed by atoms with van der Waals surface area (Å²) in [5.41, 5.74) is 0.0858. The number of aromatic hydroxyl groups is 1. The van der Waals surface area contributed by atoms with E-state index in [9.17, 15) is 15.0 Å². The summed E-state index contributed by atoms with van der Waals surface area (Å²) in [5.74, 6) is -0.601. The molecule has 1 rings (SSSR count). The number of phenolic OH excluding ortho intramolecular Hbond substituents is 1. The minimum absolute atomic E-state index is 0.0858. The first kappa shape index (κ1) is 11.3. The standard InChI is InChI=1S/C10H12O5/c1-14-6-3-4-7(8(11)5-6)9(12)10(13)15-2/h3-5,9,11-12H,1-2H3. The largest absolute Gasteiger partial charge is 0.507 e. The lowest BCUT2D eigenvalue weighted by Crippen LogP contribution is -2.13. The number of aliphatic hydroxyl groups excluding tert-OH is 1. The van der Waals surface area contributed by atoms with Gasteiger partial charge in [-0.15, -0.1) is 0 Å². The molecule has 5 heteroatoms. The molecular weight excluding hydrogens is 200 g/mol. The molecule has 1 atom stereocenters. The van der Waals surface area contributed by atoms with E-state index < -0.39 is 12.1 Å².